The third kappa shape index (κ3) is 4.28. The summed E-state index contributed by atoms with van der Waals surface area (Å²) in [6, 6.07) is 10.0. The monoisotopic (exact) mass is 280 g/mol. The van der Waals surface area contributed by atoms with Crippen LogP contribution in [-0.4, -0.2) is 41.7 Å². The van der Waals surface area contributed by atoms with Gasteiger partial charge in [0.25, 0.3) is 0 Å². The number of hydrogen-bond donors (Lipinski definition) is 2. The molecule has 0 bridgehead atoms. The van der Waals surface area contributed by atoms with Crippen molar-refractivity contribution in [3.8, 4) is 0 Å². The number of benzene rings is 1. The van der Waals surface area contributed by atoms with Crippen molar-refractivity contribution in [2.45, 2.75) is 44.7 Å². The minimum absolute atomic E-state index is 0.0366. The molecular weight excluding hydrogens is 256 g/mol. The van der Waals surface area contributed by atoms with Crippen LogP contribution in [0.15, 0.2) is 30.3 Å². The lowest BCUT2D eigenvalue weighted by Crippen LogP contribution is -2.44. The molecule has 0 saturated carbocycles. The fourth-order valence-electron chi connectivity index (χ4n) is 2.57. The van der Waals surface area contributed by atoms with Gasteiger partial charge in [0, 0.05) is 18.9 Å². The lowest BCUT2D eigenvalue weighted by atomic mass is 9.89. The summed E-state index contributed by atoms with van der Waals surface area (Å²) in [6.07, 6.45) is 0.549. The van der Waals surface area contributed by atoms with Crippen LogP contribution in [0.4, 0.5) is 0 Å². The molecule has 2 rings (SSSR count). The summed E-state index contributed by atoms with van der Waals surface area (Å²) in [5.74, 6) is 0.0816. The fourth-order valence-corrected chi connectivity index (χ4v) is 2.57. The van der Waals surface area contributed by atoms with Crippen molar-refractivity contribution < 1.29 is 19.7 Å². The summed E-state index contributed by atoms with van der Waals surface area (Å²) in [5.41, 5.74) is 1.15. The molecule has 1 aliphatic heterocycles. The highest BCUT2D eigenvalue weighted by Gasteiger charge is 2.34. The van der Waals surface area contributed by atoms with Crippen molar-refractivity contribution in [3.63, 3.8) is 0 Å². The second-order valence-electron chi connectivity index (χ2n) is 5.47. The first kappa shape index (κ1) is 15.4. The molecule has 1 heterocycles. The average Bonchev–Trinajstić information content (AvgIpc) is 2.48. The smallest absolute Gasteiger partial charge is 0.0834 e. The zero-order valence-corrected chi connectivity index (χ0v) is 11.9. The molecule has 112 valence electrons. The van der Waals surface area contributed by atoms with E-state index in [1.807, 2.05) is 37.3 Å². The van der Waals surface area contributed by atoms with E-state index in [-0.39, 0.29) is 24.7 Å². The number of aliphatic hydroxyl groups excluding tert-OH is 2. The van der Waals surface area contributed by atoms with Crippen molar-refractivity contribution in [1.82, 2.24) is 0 Å². The van der Waals surface area contributed by atoms with Gasteiger partial charge in [0.05, 0.1) is 31.5 Å². The van der Waals surface area contributed by atoms with E-state index in [1.165, 1.54) is 0 Å². The second-order valence-corrected chi connectivity index (χ2v) is 5.47. The molecule has 1 saturated heterocycles. The van der Waals surface area contributed by atoms with Crippen LogP contribution in [0.5, 0.6) is 0 Å². The number of hydrogen-bond acceptors (Lipinski definition) is 4. The summed E-state index contributed by atoms with van der Waals surface area (Å²) >= 11 is 0. The van der Waals surface area contributed by atoms with E-state index in [4.69, 9.17) is 14.6 Å². The number of ether oxygens (including phenoxy) is 2. The average molecular weight is 280 g/mol. The minimum atomic E-state index is -0.403. The third-order valence-corrected chi connectivity index (χ3v) is 3.93. The van der Waals surface area contributed by atoms with Crippen LogP contribution in [0, 0.1) is 5.92 Å². The largest absolute Gasteiger partial charge is 0.394 e. The SMILES string of the molecule is C[C@H]1[C@H](CCOCc2ccccc2)O[C@H](CO)C[C@@H]1O. The van der Waals surface area contributed by atoms with Crippen LogP contribution < -0.4 is 0 Å². The van der Waals surface area contributed by atoms with E-state index in [2.05, 4.69) is 0 Å². The molecular formula is C16H24O4. The van der Waals surface area contributed by atoms with Crippen molar-refractivity contribution in [2.75, 3.05) is 13.2 Å². The molecule has 0 unspecified atom stereocenters. The normalized spacial score (nSPS) is 30.4. The Morgan fingerprint density at radius 2 is 2.05 bits per heavy atom. The van der Waals surface area contributed by atoms with Crippen LogP contribution in [0.25, 0.3) is 0 Å². The predicted molar refractivity (Wildman–Crippen MR) is 76.2 cm³/mol. The molecule has 0 spiro atoms. The van der Waals surface area contributed by atoms with Gasteiger partial charge < -0.3 is 19.7 Å². The van der Waals surface area contributed by atoms with Gasteiger partial charge in [0.15, 0.2) is 0 Å². The van der Waals surface area contributed by atoms with Gasteiger partial charge in [-0.25, -0.2) is 0 Å². The summed E-state index contributed by atoms with van der Waals surface area (Å²) < 4.78 is 11.4. The van der Waals surface area contributed by atoms with E-state index < -0.39 is 6.10 Å². The molecule has 2 N–H and O–H groups in total. The molecule has 1 aromatic carbocycles. The molecule has 4 heteroatoms. The summed E-state index contributed by atoms with van der Waals surface area (Å²) in [5, 5.41) is 19.1. The van der Waals surface area contributed by atoms with Crippen LogP contribution in [0.1, 0.15) is 25.3 Å². The third-order valence-electron chi connectivity index (χ3n) is 3.93. The summed E-state index contributed by atoms with van der Waals surface area (Å²) in [4.78, 5) is 0. The lowest BCUT2D eigenvalue weighted by Gasteiger charge is -2.37. The Bertz CT molecular complexity index is 381. The van der Waals surface area contributed by atoms with Gasteiger partial charge in [-0.2, -0.15) is 0 Å². The van der Waals surface area contributed by atoms with Crippen LogP contribution in [0.3, 0.4) is 0 Å². The van der Waals surface area contributed by atoms with E-state index in [0.717, 1.165) is 12.0 Å². The summed E-state index contributed by atoms with van der Waals surface area (Å²) in [6.45, 7) is 3.13. The Morgan fingerprint density at radius 1 is 1.30 bits per heavy atom. The molecule has 0 aromatic heterocycles. The van der Waals surface area contributed by atoms with E-state index in [1.54, 1.807) is 0 Å². The van der Waals surface area contributed by atoms with Crippen LogP contribution in [0.2, 0.25) is 0 Å². The maximum atomic E-state index is 9.95. The van der Waals surface area contributed by atoms with Crippen LogP contribution >= 0.6 is 0 Å². The zero-order chi connectivity index (χ0) is 14.4. The van der Waals surface area contributed by atoms with Crippen molar-refractivity contribution >= 4 is 0 Å². The highest BCUT2D eigenvalue weighted by molar-refractivity contribution is 5.13. The first-order valence-electron chi connectivity index (χ1n) is 7.26. The Hall–Kier alpha value is -0.940. The second kappa shape index (κ2) is 7.74. The number of aliphatic hydroxyl groups is 2. The minimum Gasteiger partial charge on any atom is -0.394 e. The molecule has 20 heavy (non-hydrogen) atoms. The van der Waals surface area contributed by atoms with Gasteiger partial charge in [0.2, 0.25) is 0 Å². The van der Waals surface area contributed by atoms with Crippen LogP contribution in [-0.2, 0) is 16.1 Å². The first-order valence-corrected chi connectivity index (χ1v) is 7.26. The molecule has 0 radical (unpaired) electrons. The fraction of sp³-hybridized carbons (Fsp3) is 0.625. The van der Waals surface area contributed by atoms with Gasteiger partial charge in [0.1, 0.15) is 0 Å². The molecule has 4 nitrogen and oxygen atoms in total. The summed E-state index contributed by atoms with van der Waals surface area (Å²) in [7, 11) is 0. The standard InChI is InChI=1S/C16H24O4/c1-12-15(18)9-14(10-17)20-16(12)7-8-19-11-13-5-3-2-4-6-13/h2-6,12,14-18H,7-11H2,1H3/t12-,14+,15+,16+/m1/s1. The van der Waals surface area contributed by atoms with Gasteiger partial charge in [-0.3, -0.25) is 0 Å². The highest BCUT2D eigenvalue weighted by Crippen LogP contribution is 2.27. The Kier molecular flexibility index (Phi) is 5.98. The Balaban J connectivity index is 1.72. The zero-order valence-electron chi connectivity index (χ0n) is 11.9. The van der Waals surface area contributed by atoms with E-state index >= 15 is 0 Å². The molecule has 1 fully saturated rings. The Labute approximate surface area is 120 Å². The predicted octanol–water partition coefficient (Wildman–Crippen LogP) is 1.74. The van der Waals surface area contributed by atoms with Crippen molar-refractivity contribution in [3.05, 3.63) is 35.9 Å². The van der Waals surface area contributed by atoms with Gasteiger partial charge in [-0.15, -0.1) is 0 Å². The van der Waals surface area contributed by atoms with E-state index in [0.29, 0.717) is 19.6 Å². The van der Waals surface area contributed by atoms with Crippen molar-refractivity contribution in [1.29, 1.82) is 0 Å². The molecule has 0 aliphatic carbocycles. The number of rotatable bonds is 6. The Morgan fingerprint density at radius 3 is 2.75 bits per heavy atom. The molecule has 0 amide bonds. The van der Waals surface area contributed by atoms with Gasteiger partial charge >= 0.3 is 0 Å². The highest BCUT2D eigenvalue weighted by atomic mass is 16.5. The van der Waals surface area contributed by atoms with Crippen molar-refractivity contribution in [2.24, 2.45) is 5.92 Å². The maximum Gasteiger partial charge on any atom is 0.0834 e. The van der Waals surface area contributed by atoms with E-state index in [9.17, 15) is 5.11 Å². The van der Waals surface area contributed by atoms with Gasteiger partial charge in [-0.1, -0.05) is 37.3 Å². The maximum absolute atomic E-state index is 9.95. The quantitative estimate of drug-likeness (QED) is 0.779. The molecule has 4 atom stereocenters. The topological polar surface area (TPSA) is 58.9 Å². The first-order chi connectivity index (χ1) is 9.70. The lowest BCUT2D eigenvalue weighted by molar-refractivity contribution is -0.149. The molecule has 1 aromatic rings. The molecule has 1 aliphatic rings. The van der Waals surface area contributed by atoms with Gasteiger partial charge in [-0.05, 0) is 12.0 Å².